The lowest BCUT2D eigenvalue weighted by molar-refractivity contribution is 0.131. The van der Waals surface area contributed by atoms with Gasteiger partial charge in [-0.05, 0) is 22.6 Å². The van der Waals surface area contributed by atoms with E-state index in [4.69, 9.17) is 5.11 Å². The molecule has 0 saturated heterocycles. The summed E-state index contributed by atoms with van der Waals surface area (Å²) in [4.78, 5) is 12.1. The molecule has 1 aliphatic heterocycles. The Morgan fingerprint density at radius 3 is 3.08 bits per heavy atom. The smallest absolute Gasteiger partial charge is 0.407 e. The zero-order chi connectivity index (χ0) is 9.42. The molecule has 1 aliphatic rings. The molecule has 1 aromatic rings. The Kier molecular flexibility index (Phi) is 2.14. The second-order valence-corrected chi connectivity index (χ2v) is 4.03. The summed E-state index contributed by atoms with van der Waals surface area (Å²) in [6, 6.07) is 0. The van der Waals surface area contributed by atoms with Gasteiger partial charge in [0, 0.05) is 6.54 Å². The van der Waals surface area contributed by atoms with E-state index in [-0.39, 0.29) is 0 Å². The summed E-state index contributed by atoms with van der Waals surface area (Å²) in [5.41, 5.74) is 0.995. The highest BCUT2D eigenvalue weighted by Crippen LogP contribution is 2.17. The Morgan fingerprint density at radius 2 is 2.38 bits per heavy atom. The van der Waals surface area contributed by atoms with E-state index in [1.54, 1.807) is 6.20 Å². The van der Waals surface area contributed by atoms with Gasteiger partial charge in [0.1, 0.15) is 0 Å². The van der Waals surface area contributed by atoms with E-state index in [1.807, 2.05) is 4.68 Å². The zero-order valence-electron chi connectivity index (χ0n) is 6.77. The Balaban J connectivity index is 2.27. The molecule has 5 nitrogen and oxygen atoms in total. The molecular weight excluding hydrogens is 285 g/mol. The van der Waals surface area contributed by atoms with Gasteiger partial charge in [-0.3, -0.25) is 4.68 Å². The predicted octanol–water partition coefficient (Wildman–Crippen LogP) is 0.981. The highest BCUT2D eigenvalue weighted by atomic mass is 127. The van der Waals surface area contributed by atoms with Crippen LogP contribution in [-0.2, 0) is 13.1 Å². The van der Waals surface area contributed by atoms with Gasteiger partial charge in [-0.25, -0.2) is 4.79 Å². The van der Waals surface area contributed by atoms with Gasteiger partial charge in [0.15, 0.2) is 0 Å². The lowest BCUT2D eigenvalue weighted by atomic mass is 10.3. The lowest BCUT2D eigenvalue weighted by Gasteiger charge is -2.25. The number of amides is 1. The zero-order valence-corrected chi connectivity index (χ0v) is 8.93. The van der Waals surface area contributed by atoms with Crippen LogP contribution in [0.4, 0.5) is 4.79 Å². The lowest BCUT2D eigenvalue weighted by Crippen LogP contribution is -2.37. The third kappa shape index (κ3) is 1.50. The number of fused-ring (bicyclic) bond motifs is 1. The third-order valence-corrected chi connectivity index (χ3v) is 2.99. The molecule has 1 amide bonds. The van der Waals surface area contributed by atoms with Gasteiger partial charge >= 0.3 is 6.09 Å². The van der Waals surface area contributed by atoms with Gasteiger partial charge in [0.2, 0.25) is 0 Å². The Labute approximate surface area is 88.5 Å². The van der Waals surface area contributed by atoms with Gasteiger partial charge < -0.3 is 10.0 Å². The van der Waals surface area contributed by atoms with Crippen LogP contribution >= 0.6 is 22.6 Å². The molecule has 2 rings (SSSR count). The van der Waals surface area contributed by atoms with E-state index in [0.717, 1.165) is 9.26 Å². The summed E-state index contributed by atoms with van der Waals surface area (Å²) >= 11 is 2.17. The number of halogens is 1. The van der Waals surface area contributed by atoms with Crippen LogP contribution in [0.1, 0.15) is 5.69 Å². The van der Waals surface area contributed by atoms with Gasteiger partial charge in [0.05, 0.1) is 28.6 Å². The summed E-state index contributed by atoms with van der Waals surface area (Å²) in [6.07, 6.45) is 0.907. The predicted molar refractivity (Wildman–Crippen MR) is 53.4 cm³/mol. The quantitative estimate of drug-likeness (QED) is 0.725. The molecule has 0 aliphatic carbocycles. The number of carbonyl (C=O) groups is 1. The molecule has 0 unspecified atom stereocenters. The maximum absolute atomic E-state index is 10.7. The number of rotatable bonds is 0. The number of aromatic nitrogens is 2. The van der Waals surface area contributed by atoms with Crippen molar-refractivity contribution < 1.29 is 9.90 Å². The molecular formula is C7H8IN3O2. The molecule has 0 spiro atoms. The fourth-order valence-corrected chi connectivity index (χ4v) is 1.95. The minimum atomic E-state index is -0.858. The monoisotopic (exact) mass is 293 g/mol. The minimum absolute atomic E-state index is 0.452. The second-order valence-electron chi connectivity index (χ2n) is 2.87. The summed E-state index contributed by atoms with van der Waals surface area (Å²) in [6.45, 7) is 1.64. The van der Waals surface area contributed by atoms with Crippen LogP contribution in [0.25, 0.3) is 0 Å². The highest BCUT2D eigenvalue weighted by Gasteiger charge is 2.22. The van der Waals surface area contributed by atoms with Crippen LogP contribution in [0.3, 0.4) is 0 Å². The molecule has 0 bridgehead atoms. The highest BCUT2D eigenvalue weighted by molar-refractivity contribution is 14.1. The molecule has 70 valence electrons. The number of hydrogen-bond acceptors (Lipinski definition) is 2. The van der Waals surface area contributed by atoms with E-state index in [9.17, 15) is 4.79 Å². The molecule has 1 aromatic heterocycles. The van der Waals surface area contributed by atoms with Gasteiger partial charge in [0.25, 0.3) is 0 Å². The largest absolute Gasteiger partial charge is 0.465 e. The third-order valence-electron chi connectivity index (χ3n) is 2.09. The summed E-state index contributed by atoms with van der Waals surface area (Å²) in [7, 11) is 0. The van der Waals surface area contributed by atoms with Crippen LogP contribution in [0.15, 0.2) is 6.20 Å². The van der Waals surface area contributed by atoms with Crippen LogP contribution in [0.2, 0.25) is 0 Å². The van der Waals surface area contributed by atoms with Crippen LogP contribution in [0, 0.1) is 3.57 Å². The molecule has 1 N–H and O–H groups in total. The molecule has 0 atom stereocenters. The van der Waals surface area contributed by atoms with Gasteiger partial charge in [-0.1, -0.05) is 0 Å². The maximum atomic E-state index is 10.7. The van der Waals surface area contributed by atoms with E-state index in [0.29, 0.717) is 19.6 Å². The average molecular weight is 293 g/mol. The Hall–Kier alpha value is -0.790. The van der Waals surface area contributed by atoms with Gasteiger partial charge in [-0.2, -0.15) is 5.10 Å². The van der Waals surface area contributed by atoms with E-state index < -0.39 is 6.09 Å². The minimum Gasteiger partial charge on any atom is -0.465 e. The standard InChI is InChI=1S/C7H8IN3O2/c8-5-3-9-11-2-1-10(7(12)13)4-6(5)11/h3H,1-2,4H2,(H,12,13). The van der Waals surface area contributed by atoms with Crippen molar-refractivity contribution in [2.24, 2.45) is 0 Å². The molecule has 0 radical (unpaired) electrons. The van der Waals surface area contributed by atoms with Crippen molar-refractivity contribution >= 4 is 28.7 Å². The molecule has 13 heavy (non-hydrogen) atoms. The van der Waals surface area contributed by atoms with Crippen molar-refractivity contribution in [1.29, 1.82) is 0 Å². The fraction of sp³-hybridized carbons (Fsp3) is 0.429. The number of hydrogen-bond donors (Lipinski definition) is 1. The maximum Gasteiger partial charge on any atom is 0.407 e. The van der Waals surface area contributed by atoms with Crippen molar-refractivity contribution in [3.05, 3.63) is 15.5 Å². The molecule has 0 aromatic carbocycles. The van der Waals surface area contributed by atoms with Gasteiger partial charge in [-0.15, -0.1) is 0 Å². The summed E-state index contributed by atoms with van der Waals surface area (Å²) in [5, 5.41) is 12.9. The molecule has 2 heterocycles. The van der Waals surface area contributed by atoms with Crippen LogP contribution < -0.4 is 0 Å². The number of nitrogens with zero attached hydrogens (tertiary/aromatic N) is 3. The topological polar surface area (TPSA) is 58.4 Å². The van der Waals surface area contributed by atoms with E-state index in [2.05, 4.69) is 27.7 Å². The normalized spacial score (nSPS) is 15.6. The van der Waals surface area contributed by atoms with E-state index >= 15 is 0 Å². The number of carboxylic acid groups (broad SMARTS) is 1. The first-order valence-corrected chi connectivity index (χ1v) is 4.94. The van der Waals surface area contributed by atoms with E-state index in [1.165, 1.54) is 4.90 Å². The van der Waals surface area contributed by atoms with Crippen molar-refractivity contribution in [3.8, 4) is 0 Å². The SMILES string of the molecule is O=C(O)N1CCn2ncc(I)c2C1. The first-order chi connectivity index (χ1) is 6.18. The summed E-state index contributed by atoms with van der Waals surface area (Å²) in [5.74, 6) is 0. The fourth-order valence-electron chi connectivity index (χ4n) is 1.38. The molecule has 0 fully saturated rings. The molecule has 0 saturated carbocycles. The van der Waals surface area contributed by atoms with Crippen molar-refractivity contribution in [1.82, 2.24) is 14.7 Å². The van der Waals surface area contributed by atoms with Crippen LogP contribution in [0.5, 0.6) is 0 Å². The first kappa shape index (κ1) is 8.79. The first-order valence-electron chi connectivity index (χ1n) is 3.86. The average Bonchev–Trinajstić information content (AvgIpc) is 2.47. The summed E-state index contributed by atoms with van der Waals surface area (Å²) < 4.78 is 2.89. The second kappa shape index (κ2) is 3.17. The molecule has 6 heteroatoms. The van der Waals surface area contributed by atoms with Crippen molar-refractivity contribution in [2.45, 2.75) is 13.1 Å². The van der Waals surface area contributed by atoms with Crippen molar-refractivity contribution in [3.63, 3.8) is 0 Å². The van der Waals surface area contributed by atoms with Crippen LogP contribution in [-0.4, -0.2) is 32.4 Å². The Bertz CT molecular complexity index is 350. The van der Waals surface area contributed by atoms with Crippen molar-refractivity contribution in [2.75, 3.05) is 6.54 Å². The Morgan fingerprint density at radius 1 is 1.62 bits per heavy atom.